The number of rotatable bonds is 14. The first-order valence-electron chi connectivity index (χ1n) is 12.7. The smallest absolute Gasteiger partial charge is 0.408 e. The quantitative estimate of drug-likeness (QED) is 0.0687. The van der Waals surface area contributed by atoms with Gasteiger partial charge < -0.3 is 42.3 Å². The number of benzene rings is 1. The Balaban J connectivity index is 2.10. The van der Waals surface area contributed by atoms with Crippen molar-refractivity contribution in [3.05, 3.63) is 53.7 Å². The summed E-state index contributed by atoms with van der Waals surface area (Å²) in [5.74, 6) is -2.35. The molecule has 10 N–H and O–H groups in total. The molecule has 0 aliphatic rings. The van der Waals surface area contributed by atoms with Gasteiger partial charge in [0.25, 0.3) is 5.89 Å². The largest absolute Gasteiger partial charge is 0.444 e. The second-order valence-corrected chi connectivity index (χ2v) is 10.0. The molecule has 2 atom stereocenters. The average molecular weight is 572 g/mol. The van der Waals surface area contributed by atoms with E-state index >= 15 is 0 Å². The lowest BCUT2D eigenvalue weighted by molar-refractivity contribution is -0.127. The lowest BCUT2D eigenvalue weighted by atomic mass is 10.0. The molecule has 1 aromatic carbocycles. The summed E-state index contributed by atoms with van der Waals surface area (Å²) in [6, 6.07) is 4.48. The van der Waals surface area contributed by atoms with E-state index in [2.05, 4.69) is 25.9 Å². The summed E-state index contributed by atoms with van der Waals surface area (Å²) >= 11 is 0. The number of ether oxygens (including phenoxy) is 1. The Labute approximate surface area is 237 Å². The summed E-state index contributed by atoms with van der Waals surface area (Å²) in [5, 5.41) is 15.2. The molecule has 0 aliphatic carbocycles. The van der Waals surface area contributed by atoms with Gasteiger partial charge in [0.2, 0.25) is 17.6 Å². The SMILES string of the molecule is CC(C)(C)OC(=O)N[C@H](Cc1cccc(C(=N)N)c1)C(=O)NCC(=O)N[C@@H](CCCN=C(N)N)C(=O)c1ncco1. The van der Waals surface area contributed by atoms with Crippen LogP contribution in [0.1, 0.15) is 55.4 Å². The Hall–Kier alpha value is -4.95. The fraction of sp³-hybridized carbons (Fsp3) is 0.423. The number of oxazole rings is 1. The van der Waals surface area contributed by atoms with Gasteiger partial charge in [0.1, 0.15) is 23.7 Å². The first kappa shape index (κ1) is 32.3. The van der Waals surface area contributed by atoms with Crippen LogP contribution < -0.4 is 33.2 Å². The first-order valence-corrected chi connectivity index (χ1v) is 12.7. The van der Waals surface area contributed by atoms with Gasteiger partial charge in [-0.05, 0) is 45.2 Å². The Kier molecular flexibility index (Phi) is 11.8. The Morgan fingerprint density at radius 1 is 1.12 bits per heavy atom. The van der Waals surface area contributed by atoms with Crippen molar-refractivity contribution in [1.82, 2.24) is 20.9 Å². The number of carbonyl (C=O) groups is 4. The fourth-order valence-corrected chi connectivity index (χ4v) is 3.56. The van der Waals surface area contributed by atoms with Crippen LogP contribution in [0.3, 0.4) is 0 Å². The highest BCUT2D eigenvalue weighted by molar-refractivity contribution is 5.99. The minimum atomic E-state index is -1.14. The predicted molar refractivity (Wildman–Crippen MR) is 150 cm³/mol. The number of amidine groups is 1. The van der Waals surface area contributed by atoms with Gasteiger partial charge in [-0.3, -0.25) is 24.8 Å². The van der Waals surface area contributed by atoms with Gasteiger partial charge in [-0.1, -0.05) is 18.2 Å². The summed E-state index contributed by atoms with van der Waals surface area (Å²) in [5.41, 5.74) is 16.5. The minimum absolute atomic E-state index is 0.0177. The van der Waals surface area contributed by atoms with Gasteiger partial charge in [-0.15, -0.1) is 0 Å². The lowest BCUT2D eigenvalue weighted by Gasteiger charge is -2.23. The van der Waals surface area contributed by atoms with E-state index in [0.717, 1.165) is 0 Å². The highest BCUT2D eigenvalue weighted by atomic mass is 16.6. The van der Waals surface area contributed by atoms with E-state index < -0.39 is 47.9 Å². The third kappa shape index (κ3) is 11.8. The number of aromatic nitrogens is 1. The van der Waals surface area contributed by atoms with Crippen molar-refractivity contribution >= 4 is 35.5 Å². The third-order valence-corrected chi connectivity index (χ3v) is 5.35. The molecule has 2 aromatic rings. The van der Waals surface area contributed by atoms with Gasteiger partial charge in [0.05, 0.1) is 18.8 Å². The number of hydrogen-bond donors (Lipinski definition) is 7. The third-order valence-electron chi connectivity index (χ3n) is 5.35. The number of nitrogen functional groups attached to an aromatic ring is 1. The van der Waals surface area contributed by atoms with Crippen molar-refractivity contribution in [2.75, 3.05) is 13.1 Å². The van der Waals surface area contributed by atoms with E-state index in [1.165, 1.54) is 12.5 Å². The van der Waals surface area contributed by atoms with E-state index in [9.17, 15) is 19.2 Å². The number of guanidine groups is 1. The van der Waals surface area contributed by atoms with Crippen molar-refractivity contribution in [3.63, 3.8) is 0 Å². The number of ketones is 1. The molecule has 0 bridgehead atoms. The molecule has 0 radical (unpaired) electrons. The van der Waals surface area contributed by atoms with Crippen molar-refractivity contribution in [2.45, 2.75) is 57.7 Å². The Bertz CT molecular complexity index is 1250. The molecule has 0 aliphatic heterocycles. The molecule has 3 amide bonds. The number of aliphatic imine (C=N–C) groups is 1. The zero-order chi connectivity index (χ0) is 30.6. The summed E-state index contributed by atoms with van der Waals surface area (Å²) < 4.78 is 10.3. The van der Waals surface area contributed by atoms with Crippen LogP contribution in [0.2, 0.25) is 0 Å². The lowest BCUT2D eigenvalue weighted by Crippen LogP contribution is -2.52. The normalized spacial score (nSPS) is 12.4. The number of amides is 3. The van der Waals surface area contributed by atoms with Crippen LogP contribution in [0.5, 0.6) is 0 Å². The number of Topliss-reactive ketones (excluding diaryl/α,β-unsaturated/α-hetero) is 1. The molecule has 1 heterocycles. The molecule has 41 heavy (non-hydrogen) atoms. The molecule has 0 spiro atoms. The van der Waals surface area contributed by atoms with E-state index in [1.54, 1.807) is 45.0 Å². The van der Waals surface area contributed by atoms with E-state index in [0.29, 0.717) is 17.5 Å². The zero-order valence-electron chi connectivity index (χ0n) is 23.2. The van der Waals surface area contributed by atoms with Crippen LogP contribution in [0, 0.1) is 5.41 Å². The summed E-state index contributed by atoms with van der Waals surface area (Å²) in [6.07, 6.45) is 2.26. The van der Waals surface area contributed by atoms with Crippen LogP contribution in [0.4, 0.5) is 4.79 Å². The molecular weight excluding hydrogens is 534 g/mol. The van der Waals surface area contributed by atoms with Crippen molar-refractivity contribution in [2.24, 2.45) is 22.2 Å². The van der Waals surface area contributed by atoms with Gasteiger partial charge in [0, 0.05) is 18.5 Å². The second-order valence-electron chi connectivity index (χ2n) is 10.0. The highest BCUT2D eigenvalue weighted by Gasteiger charge is 2.27. The number of alkyl carbamates (subject to hydrolysis) is 1. The van der Waals surface area contributed by atoms with Gasteiger partial charge in [-0.2, -0.15) is 0 Å². The maximum atomic E-state index is 13.1. The molecular formula is C26H37N9O6. The zero-order valence-corrected chi connectivity index (χ0v) is 23.2. The molecule has 222 valence electrons. The monoisotopic (exact) mass is 571 g/mol. The Morgan fingerprint density at radius 3 is 2.46 bits per heavy atom. The number of hydrogen-bond acceptors (Lipinski definition) is 9. The molecule has 15 heteroatoms. The highest BCUT2D eigenvalue weighted by Crippen LogP contribution is 2.11. The standard InChI is InChI=1S/C26H37N9O6/c1-26(2,3)41-25(39)35-18(13-15-6-4-7-16(12-15)21(27)28)22(38)33-14-19(36)34-17(8-5-9-32-24(29)30)20(37)23-31-10-11-40-23/h4,6-7,10-12,17-18H,5,8-9,13-14H2,1-3H3,(H3,27,28)(H,33,38)(H,34,36)(H,35,39)(H4,29,30,32)/t17-,18+/m0/s1. The first-order chi connectivity index (χ1) is 19.2. The average Bonchev–Trinajstić information content (AvgIpc) is 3.42. The topological polar surface area (TPSA) is 254 Å². The van der Waals surface area contributed by atoms with Crippen LogP contribution >= 0.6 is 0 Å². The van der Waals surface area contributed by atoms with Crippen molar-refractivity contribution in [1.29, 1.82) is 5.41 Å². The molecule has 0 unspecified atom stereocenters. The van der Waals surface area contributed by atoms with Crippen molar-refractivity contribution < 1.29 is 28.3 Å². The minimum Gasteiger partial charge on any atom is -0.444 e. The van der Waals surface area contributed by atoms with Crippen molar-refractivity contribution in [3.8, 4) is 0 Å². The van der Waals surface area contributed by atoms with Crippen LogP contribution in [-0.2, 0) is 20.7 Å². The summed E-state index contributed by atoms with van der Waals surface area (Å²) in [6.45, 7) is 4.76. The van der Waals surface area contributed by atoms with E-state index in [1.807, 2.05) is 0 Å². The number of nitrogens with one attached hydrogen (secondary N) is 4. The number of carbonyl (C=O) groups excluding carboxylic acids is 4. The summed E-state index contributed by atoms with van der Waals surface area (Å²) in [4.78, 5) is 58.8. The van der Waals surface area contributed by atoms with Crippen LogP contribution in [0.15, 0.2) is 46.1 Å². The van der Waals surface area contributed by atoms with Crippen LogP contribution in [0.25, 0.3) is 0 Å². The number of nitrogens with zero attached hydrogens (tertiary/aromatic N) is 2. The maximum absolute atomic E-state index is 13.1. The fourth-order valence-electron chi connectivity index (χ4n) is 3.56. The molecule has 1 aromatic heterocycles. The Morgan fingerprint density at radius 2 is 1.85 bits per heavy atom. The van der Waals surface area contributed by atoms with Crippen LogP contribution in [-0.4, -0.2) is 71.2 Å². The molecule has 2 rings (SSSR count). The van der Waals surface area contributed by atoms with Gasteiger partial charge in [0.15, 0.2) is 5.96 Å². The molecule has 15 nitrogen and oxygen atoms in total. The van der Waals surface area contributed by atoms with E-state index in [4.69, 9.17) is 31.8 Å². The predicted octanol–water partition coefficient (Wildman–Crippen LogP) is -0.0680. The molecule has 0 saturated carbocycles. The maximum Gasteiger partial charge on any atom is 0.408 e. The summed E-state index contributed by atoms with van der Waals surface area (Å²) in [7, 11) is 0. The number of nitrogens with two attached hydrogens (primary N) is 3. The molecule has 0 saturated heterocycles. The van der Waals surface area contributed by atoms with Gasteiger partial charge in [-0.25, -0.2) is 9.78 Å². The van der Waals surface area contributed by atoms with Gasteiger partial charge >= 0.3 is 6.09 Å². The van der Waals surface area contributed by atoms with E-state index in [-0.39, 0.29) is 37.1 Å². The molecule has 0 fully saturated rings. The second kappa shape index (κ2) is 15.0.